The van der Waals surface area contributed by atoms with Crippen molar-refractivity contribution < 1.29 is 15.0 Å². The molecule has 3 rings (SSSR count). The molecular formula is C27H28N2O3. The van der Waals surface area contributed by atoms with Gasteiger partial charge in [0.1, 0.15) is 11.5 Å². The Bertz CT molecular complexity index is 1120. The standard InChI is InChI=1S/C27H28N2O3/c1-3-8-19-14-22(20-12-13-25(30)21(17-20)9-4-2)26(31)24(16-19)29-27(32)23(28)15-18-10-6-5-7-11-18/h3-7,10-14,16-17,23,30-31H,1-2,8-9,15,28H2,(H,29,32)/t23-/m0/s1. The molecule has 0 aliphatic carbocycles. The highest BCUT2D eigenvalue weighted by molar-refractivity contribution is 5.97. The van der Waals surface area contributed by atoms with Gasteiger partial charge in [-0.1, -0.05) is 48.6 Å². The first-order valence-electron chi connectivity index (χ1n) is 10.4. The summed E-state index contributed by atoms with van der Waals surface area (Å²) in [6.07, 6.45) is 4.89. The van der Waals surface area contributed by atoms with Crippen LogP contribution in [0.15, 0.2) is 86.0 Å². The zero-order valence-electron chi connectivity index (χ0n) is 17.9. The molecule has 0 unspecified atom stereocenters. The lowest BCUT2D eigenvalue weighted by atomic mass is 9.96. The molecule has 0 radical (unpaired) electrons. The molecule has 3 aromatic rings. The molecule has 5 heteroatoms. The number of carbonyl (C=O) groups is 1. The number of amides is 1. The second kappa shape index (κ2) is 10.5. The first-order valence-corrected chi connectivity index (χ1v) is 10.4. The summed E-state index contributed by atoms with van der Waals surface area (Å²) in [7, 11) is 0. The molecule has 0 aliphatic heterocycles. The van der Waals surface area contributed by atoms with Crippen LogP contribution in [0.3, 0.4) is 0 Å². The number of anilines is 1. The molecule has 0 spiro atoms. The minimum atomic E-state index is -0.767. The molecule has 1 atom stereocenters. The number of hydrogen-bond acceptors (Lipinski definition) is 4. The lowest BCUT2D eigenvalue weighted by molar-refractivity contribution is -0.117. The van der Waals surface area contributed by atoms with Crippen LogP contribution < -0.4 is 11.1 Å². The van der Waals surface area contributed by atoms with E-state index in [9.17, 15) is 15.0 Å². The van der Waals surface area contributed by atoms with Crippen LogP contribution in [-0.2, 0) is 24.1 Å². The number of phenolic OH excluding ortho intramolecular Hbond substituents is 2. The van der Waals surface area contributed by atoms with E-state index < -0.39 is 6.04 Å². The molecule has 0 heterocycles. The normalized spacial score (nSPS) is 11.5. The fourth-order valence-corrected chi connectivity index (χ4v) is 3.55. The average Bonchev–Trinajstić information content (AvgIpc) is 2.78. The number of phenols is 2. The van der Waals surface area contributed by atoms with Crippen molar-refractivity contribution in [3.63, 3.8) is 0 Å². The zero-order chi connectivity index (χ0) is 23.1. The summed E-state index contributed by atoms with van der Waals surface area (Å²) >= 11 is 0. The highest BCUT2D eigenvalue weighted by Crippen LogP contribution is 2.38. The summed E-state index contributed by atoms with van der Waals surface area (Å²) in [6.45, 7) is 7.50. The lowest BCUT2D eigenvalue weighted by Crippen LogP contribution is -2.37. The van der Waals surface area contributed by atoms with E-state index in [0.717, 1.165) is 11.1 Å². The summed E-state index contributed by atoms with van der Waals surface area (Å²) in [5.74, 6) is -0.284. The quantitative estimate of drug-likeness (QED) is 0.293. The molecule has 0 saturated heterocycles. The maximum atomic E-state index is 12.8. The Hall–Kier alpha value is -3.83. The number of rotatable bonds is 9. The molecule has 1 amide bonds. The van der Waals surface area contributed by atoms with Gasteiger partial charge in [-0.3, -0.25) is 4.79 Å². The number of carbonyl (C=O) groups excluding carboxylic acids is 1. The van der Waals surface area contributed by atoms with E-state index in [0.29, 0.717) is 36.0 Å². The lowest BCUT2D eigenvalue weighted by Gasteiger charge is -2.17. The third kappa shape index (κ3) is 5.45. The summed E-state index contributed by atoms with van der Waals surface area (Å²) < 4.78 is 0. The van der Waals surface area contributed by atoms with Gasteiger partial charge >= 0.3 is 0 Å². The van der Waals surface area contributed by atoms with Crippen LogP contribution in [-0.4, -0.2) is 22.2 Å². The largest absolute Gasteiger partial charge is 0.508 e. The molecular weight excluding hydrogens is 400 g/mol. The van der Waals surface area contributed by atoms with Gasteiger partial charge in [-0.25, -0.2) is 0 Å². The molecule has 32 heavy (non-hydrogen) atoms. The Morgan fingerprint density at radius 3 is 2.38 bits per heavy atom. The number of nitrogens with one attached hydrogen (secondary N) is 1. The third-order valence-electron chi connectivity index (χ3n) is 5.20. The number of benzene rings is 3. The number of aromatic hydroxyl groups is 2. The maximum absolute atomic E-state index is 12.8. The van der Waals surface area contributed by atoms with E-state index in [-0.39, 0.29) is 23.1 Å². The van der Waals surface area contributed by atoms with E-state index in [1.807, 2.05) is 36.4 Å². The third-order valence-corrected chi connectivity index (χ3v) is 5.20. The highest BCUT2D eigenvalue weighted by Gasteiger charge is 2.19. The summed E-state index contributed by atoms with van der Waals surface area (Å²) in [5.41, 5.74) is 10.2. The topological polar surface area (TPSA) is 95.6 Å². The van der Waals surface area contributed by atoms with E-state index in [4.69, 9.17) is 5.73 Å². The smallest absolute Gasteiger partial charge is 0.241 e. The predicted molar refractivity (Wildman–Crippen MR) is 130 cm³/mol. The van der Waals surface area contributed by atoms with Crippen molar-refractivity contribution in [3.05, 3.63) is 103 Å². The Labute approximate surface area is 188 Å². The second-order valence-electron chi connectivity index (χ2n) is 7.65. The molecule has 5 N–H and O–H groups in total. The van der Waals surface area contributed by atoms with Crippen molar-refractivity contribution >= 4 is 11.6 Å². The molecule has 0 bridgehead atoms. The Morgan fingerprint density at radius 2 is 1.69 bits per heavy atom. The fourth-order valence-electron chi connectivity index (χ4n) is 3.55. The van der Waals surface area contributed by atoms with Crippen molar-refractivity contribution in [2.45, 2.75) is 25.3 Å². The van der Waals surface area contributed by atoms with Crippen LogP contribution in [0.4, 0.5) is 5.69 Å². The van der Waals surface area contributed by atoms with Crippen molar-refractivity contribution in [1.82, 2.24) is 0 Å². The Kier molecular flexibility index (Phi) is 7.47. The minimum absolute atomic E-state index is 0.0617. The molecule has 0 aliphatic rings. The second-order valence-corrected chi connectivity index (χ2v) is 7.65. The minimum Gasteiger partial charge on any atom is -0.508 e. The van der Waals surface area contributed by atoms with Gasteiger partial charge in [-0.05, 0) is 65.8 Å². The number of nitrogens with two attached hydrogens (primary N) is 1. The van der Waals surface area contributed by atoms with Gasteiger partial charge in [0, 0.05) is 5.56 Å². The monoisotopic (exact) mass is 428 g/mol. The highest BCUT2D eigenvalue weighted by atomic mass is 16.3. The van der Waals surface area contributed by atoms with E-state index >= 15 is 0 Å². The molecule has 0 fully saturated rings. The van der Waals surface area contributed by atoms with Crippen LogP contribution in [0.5, 0.6) is 11.5 Å². The Morgan fingerprint density at radius 1 is 0.969 bits per heavy atom. The maximum Gasteiger partial charge on any atom is 0.241 e. The molecule has 3 aromatic carbocycles. The van der Waals surface area contributed by atoms with Gasteiger partial charge in [0.25, 0.3) is 0 Å². The van der Waals surface area contributed by atoms with Crippen LogP contribution in [0.1, 0.15) is 16.7 Å². The summed E-state index contributed by atoms with van der Waals surface area (Å²) in [6, 6.07) is 17.4. The van der Waals surface area contributed by atoms with Crippen LogP contribution in [0.2, 0.25) is 0 Å². The predicted octanol–water partition coefficient (Wildman–Crippen LogP) is 4.73. The fraction of sp³-hybridized carbons (Fsp3) is 0.148. The SMILES string of the molecule is C=CCc1cc(NC(=O)[C@@H](N)Cc2ccccc2)c(O)c(-c2ccc(O)c(CC=C)c2)c1. The average molecular weight is 429 g/mol. The van der Waals surface area contributed by atoms with Crippen molar-refractivity contribution in [2.24, 2.45) is 5.73 Å². The van der Waals surface area contributed by atoms with Gasteiger partial charge in [-0.15, -0.1) is 13.2 Å². The van der Waals surface area contributed by atoms with Crippen molar-refractivity contribution in [3.8, 4) is 22.6 Å². The van der Waals surface area contributed by atoms with Gasteiger partial charge < -0.3 is 21.3 Å². The number of hydrogen-bond donors (Lipinski definition) is 4. The molecule has 164 valence electrons. The van der Waals surface area contributed by atoms with E-state index in [1.165, 1.54) is 0 Å². The number of allylic oxidation sites excluding steroid dienone is 2. The summed E-state index contributed by atoms with van der Waals surface area (Å²) in [4.78, 5) is 12.8. The summed E-state index contributed by atoms with van der Waals surface area (Å²) in [5, 5.41) is 23.8. The first-order chi connectivity index (χ1) is 15.4. The Balaban J connectivity index is 1.93. The first kappa shape index (κ1) is 22.8. The van der Waals surface area contributed by atoms with Gasteiger partial charge in [0.2, 0.25) is 5.91 Å². The van der Waals surface area contributed by atoms with Crippen molar-refractivity contribution in [1.29, 1.82) is 0 Å². The van der Waals surface area contributed by atoms with Crippen LogP contribution in [0, 0.1) is 0 Å². The van der Waals surface area contributed by atoms with Crippen molar-refractivity contribution in [2.75, 3.05) is 5.32 Å². The zero-order valence-corrected chi connectivity index (χ0v) is 17.9. The van der Waals surface area contributed by atoms with Gasteiger partial charge in [0.15, 0.2) is 0 Å². The van der Waals surface area contributed by atoms with Crippen LogP contribution in [0.25, 0.3) is 11.1 Å². The van der Waals surface area contributed by atoms with Gasteiger partial charge in [-0.2, -0.15) is 0 Å². The molecule has 0 saturated carbocycles. The van der Waals surface area contributed by atoms with E-state index in [1.54, 1.807) is 36.4 Å². The van der Waals surface area contributed by atoms with E-state index in [2.05, 4.69) is 18.5 Å². The van der Waals surface area contributed by atoms with Crippen LogP contribution >= 0.6 is 0 Å². The van der Waals surface area contributed by atoms with Gasteiger partial charge in [0.05, 0.1) is 11.7 Å². The molecule has 5 nitrogen and oxygen atoms in total. The molecule has 0 aromatic heterocycles.